The van der Waals surface area contributed by atoms with Crippen LogP contribution in [0.4, 0.5) is 5.82 Å². The molecule has 1 heterocycles. The molecule has 4 nitrogen and oxygen atoms in total. The van der Waals surface area contributed by atoms with Gasteiger partial charge in [-0.3, -0.25) is 0 Å². The van der Waals surface area contributed by atoms with Crippen LogP contribution in [0.25, 0.3) is 0 Å². The Bertz CT molecular complexity index is 447. The summed E-state index contributed by atoms with van der Waals surface area (Å²) in [6.45, 7) is 3.07. The average molecular weight is 298 g/mol. The van der Waals surface area contributed by atoms with Crippen LogP contribution in [-0.4, -0.2) is 24.2 Å². The summed E-state index contributed by atoms with van der Waals surface area (Å²) in [5.74, 6) is 0.534. The van der Waals surface area contributed by atoms with E-state index in [1.54, 1.807) is 13.3 Å². The van der Waals surface area contributed by atoms with Crippen molar-refractivity contribution >= 4 is 17.4 Å². The smallest absolute Gasteiger partial charge is 0.128 e. The SMILES string of the molecule is CCCNC(c1cc(Cl)cnc1N)C1(OC)CCCC1. The molecule has 0 spiro atoms. The maximum absolute atomic E-state index is 6.10. The Kier molecular flexibility index (Phi) is 5.24. The molecule has 0 aliphatic heterocycles. The second-order valence-electron chi connectivity index (χ2n) is 5.49. The van der Waals surface area contributed by atoms with Gasteiger partial charge in [0.25, 0.3) is 0 Å². The van der Waals surface area contributed by atoms with Crippen molar-refractivity contribution in [1.82, 2.24) is 10.3 Å². The zero-order valence-corrected chi connectivity index (χ0v) is 13.0. The zero-order valence-electron chi connectivity index (χ0n) is 12.3. The fraction of sp³-hybridized carbons (Fsp3) is 0.667. The van der Waals surface area contributed by atoms with E-state index in [2.05, 4.69) is 17.2 Å². The van der Waals surface area contributed by atoms with Gasteiger partial charge >= 0.3 is 0 Å². The molecule has 5 heteroatoms. The van der Waals surface area contributed by atoms with Crippen LogP contribution in [0.3, 0.4) is 0 Å². The highest BCUT2D eigenvalue weighted by atomic mass is 35.5. The molecule has 0 radical (unpaired) electrons. The van der Waals surface area contributed by atoms with Gasteiger partial charge < -0.3 is 15.8 Å². The predicted molar refractivity (Wildman–Crippen MR) is 82.9 cm³/mol. The summed E-state index contributed by atoms with van der Waals surface area (Å²) in [5.41, 5.74) is 6.83. The minimum Gasteiger partial charge on any atom is -0.383 e. The van der Waals surface area contributed by atoms with Gasteiger partial charge in [-0.15, -0.1) is 0 Å². The van der Waals surface area contributed by atoms with Gasteiger partial charge in [-0.05, 0) is 31.9 Å². The molecule has 1 aliphatic carbocycles. The molecule has 1 aromatic rings. The van der Waals surface area contributed by atoms with Gasteiger partial charge in [0.2, 0.25) is 0 Å². The van der Waals surface area contributed by atoms with Crippen molar-refractivity contribution in [2.45, 2.75) is 50.7 Å². The fourth-order valence-corrected chi connectivity index (χ4v) is 3.32. The van der Waals surface area contributed by atoms with Crippen LogP contribution in [0.5, 0.6) is 0 Å². The number of rotatable bonds is 6. The number of hydrogen-bond acceptors (Lipinski definition) is 4. The number of nitrogens with one attached hydrogen (secondary N) is 1. The Hall–Kier alpha value is -0.840. The molecule has 1 aliphatic rings. The number of nitrogen functional groups attached to an aromatic ring is 1. The molecule has 1 atom stereocenters. The maximum atomic E-state index is 6.10. The number of nitrogens with two attached hydrogens (primary N) is 1. The van der Waals surface area contributed by atoms with Crippen molar-refractivity contribution in [3.05, 3.63) is 22.8 Å². The standard InChI is InChI=1S/C15H24ClN3O/c1-3-8-18-13(15(20-2)6-4-5-7-15)12-9-11(16)10-19-14(12)17/h9-10,13,18H,3-8H2,1-2H3,(H2,17,19). The number of ether oxygens (including phenoxy) is 1. The fourth-order valence-electron chi connectivity index (χ4n) is 3.15. The average Bonchev–Trinajstić information content (AvgIpc) is 2.93. The second-order valence-corrected chi connectivity index (χ2v) is 5.93. The Labute approximate surface area is 126 Å². The Morgan fingerprint density at radius 1 is 1.50 bits per heavy atom. The van der Waals surface area contributed by atoms with E-state index in [1.165, 1.54) is 12.8 Å². The number of aromatic nitrogens is 1. The minimum atomic E-state index is -0.199. The first kappa shape index (κ1) is 15.5. The summed E-state index contributed by atoms with van der Waals surface area (Å²) in [6.07, 6.45) is 7.10. The van der Waals surface area contributed by atoms with E-state index in [4.69, 9.17) is 22.1 Å². The monoisotopic (exact) mass is 297 g/mol. The highest BCUT2D eigenvalue weighted by Crippen LogP contribution is 2.44. The lowest BCUT2D eigenvalue weighted by Crippen LogP contribution is -2.44. The molecule has 20 heavy (non-hydrogen) atoms. The Balaban J connectivity index is 2.38. The number of hydrogen-bond donors (Lipinski definition) is 2. The summed E-state index contributed by atoms with van der Waals surface area (Å²) in [4.78, 5) is 4.19. The van der Waals surface area contributed by atoms with E-state index in [9.17, 15) is 0 Å². The molecule has 2 rings (SSSR count). The lowest BCUT2D eigenvalue weighted by atomic mass is 9.86. The minimum absolute atomic E-state index is 0.0427. The summed E-state index contributed by atoms with van der Waals surface area (Å²) in [5, 5.41) is 4.20. The Morgan fingerprint density at radius 2 is 2.20 bits per heavy atom. The van der Waals surface area contributed by atoms with Crippen LogP contribution in [0.15, 0.2) is 12.3 Å². The van der Waals surface area contributed by atoms with Crippen LogP contribution >= 0.6 is 11.6 Å². The number of anilines is 1. The van der Waals surface area contributed by atoms with Crippen LogP contribution in [0.1, 0.15) is 50.6 Å². The number of methoxy groups -OCH3 is 1. The highest BCUT2D eigenvalue weighted by Gasteiger charge is 2.43. The second kappa shape index (κ2) is 6.74. The topological polar surface area (TPSA) is 60.2 Å². The van der Waals surface area contributed by atoms with Gasteiger partial charge in [-0.25, -0.2) is 4.98 Å². The first-order valence-electron chi connectivity index (χ1n) is 7.32. The third-order valence-corrected chi connectivity index (χ3v) is 4.41. The van der Waals surface area contributed by atoms with Crippen molar-refractivity contribution in [1.29, 1.82) is 0 Å². The molecule has 0 aromatic carbocycles. The van der Waals surface area contributed by atoms with Gasteiger partial charge in [0.05, 0.1) is 16.7 Å². The zero-order chi connectivity index (χ0) is 14.6. The van der Waals surface area contributed by atoms with Crippen LogP contribution in [0, 0.1) is 0 Å². The van der Waals surface area contributed by atoms with Crippen molar-refractivity contribution in [2.75, 3.05) is 19.4 Å². The largest absolute Gasteiger partial charge is 0.383 e. The first-order valence-corrected chi connectivity index (χ1v) is 7.70. The highest BCUT2D eigenvalue weighted by molar-refractivity contribution is 6.30. The summed E-state index contributed by atoms with van der Waals surface area (Å²) < 4.78 is 5.92. The van der Waals surface area contributed by atoms with E-state index in [-0.39, 0.29) is 11.6 Å². The lowest BCUT2D eigenvalue weighted by molar-refractivity contribution is -0.0366. The number of pyridine rings is 1. The molecule has 1 fully saturated rings. The van der Waals surface area contributed by atoms with Crippen LogP contribution in [0.2, 0.25) is 5.02 Å². The van der Waals surface area contributed by atoms with Crippen molar-refractivity contribution < 1.29 is 4.74 Å². The molecule has 3 N–H and O–H groups in total. The van der Waals surface area contributed by atoms with Crippen LogP contribution < -0.4 is 11.1 Å². The molecule has 112 valence electrons. The molecule has 0 bridgehead atoms. The summed E-state index contributed by atoms with van der Waals surface area (Å²) in [7, 11) is 1.79. The van der Waals surface area contributed by atoms with Crippen molar-refractivity contribution in [3.63, 3.8) is 0 Å². The number of nitrogens with zero attached hydrogens (tertiary/aromatic N) is 1. The van der Waals surface area contributed by atoms with Crippen molar-refractivity contribution in [2.24, 2.45) is 0 Å². The molecule has 0 saturated heterocycles. The third kappa shape index (κ3) is 3.08. The quantitative estimate of drug-likeness (QED) is 0.845. The maximum Gasteiger partial charge on any atom is 0.128 e. The molecular formula is C15H24ClN3O. The Morgan fingerprint density at radius 3 is 2.80 bits per heavy atom. The molecular weight excluding hydrogens is 274 g/mol. The van der Waals surface area contributed by atoms with Gasteiger partial charge in [0, 0.05) is 18.9 Å². The van der Waals surface area contributed by atoms with Crippen molar-refractivity contribution in [3.8, 4) is 0 Å². The van der Waals surface area contributed by atoms with E-state index in [0.717, 1.165) is 31.4 Å². The van der Waals surface area contributed by atoms with E-state index in [1.807, 2.05) is 6.07 Å². The normalized spacial score (nSPS) is 19.1. The molecule has 0 amide bonds. The predicted octanol–water partition coefficient (Wildman–Crippen LogP) is 3.32. The molecule has 1 unspecified atom stereocenters. The lowest BCUT2D eigenvalue weighted by Gasteiger charge is -2.37. The summed E-state index contributed by atoms with van der Waals surface area (Å²) >= 11 is 6.10. The summed E-state index contributed by atoms with van der Waals surface area (Å²) in [6, 6.07) is 1.96. The van der Waals surface area contributed by atoms with Crippen LogP contribution in [-0.2, 0) is 4.74 Å². The van der Waals surface area contributed by atoms with E-state index in [0.29, 0.717) is 10.8 Å². The van der Waals surface area contributed by atoms with Gasteiger partial charge in [-0.1, -0.05) is 31.4 Å². The van der Waals surface area contributed by atoms with Gasteiger partial charge in [0.15, 0.2) is 0 Å². The van der Waals surface area contributed by atoms with E-state index >= 15 is 0 Å². The first-order chi connectivity index (χ1) is 9.63. The van der Waals surface area contributed by atoms with Gasteiger partial charge in [0.1, 0.15) is 5.82 Å². The molecule has 1 aromatic heterocycles. The van der Waals surface area contributed by atoms with E-state index < -0.39 is 0 Å². The van der Waals surface area contributed by atoms with Gasteiger partial charge in [-0.2, -0.15) is 0 Å². The number of halogens is 1. The molecule has 1 saturated carbocycles. The third-order valence-electron chi connectivity index (χ3n) is 4.21.